The lowest BCUT2D eigenvalue weighted by atomic mass is 9.67. The van der Waals surface area contributed by atoms with Gasteiger partial charge in [0.25, 0.3) is 0 Å². The highest BCUT2D eigenvalue weighted by Crippen LogP contribution is 2.54. The van der Waals surface area contributed by atoms with Gasteiger partial charge in [-0.2, -0.15) is 0 Å². The second-order valence-electron chi connectivity index (χ2n) is 5.27. The van der Waals surface area contributed by atoms with E-state index in [0.717, 1.165) is 5.02 Å². The Balaban J connectivity index is 2.07. The number of aryl methyl sites for hydroxylation is 1. The average molecular weight is 233 g/mol. The highest BCUT2D eigenvalue weighted by molar-refractivity contribution is 6.30. The Morgan fingerprint density at radius 2 is 1.88 bits per heavy atom. The van der Waals surface area contributed by atoms with Crippen molar-refractivity contribution in [2.24, 2.45) is 5.41 Å². The fraction of sp³-hybridized carbons (Fsp3) is 0.467. The smallest absolute Gasteiger partial charge is 0.0412 e. The maximum absolute atomic E-state index is 6.10. The van der Waals surface area contributed by atoms with Gasteiger partial charge in [-0.1, -0.05) is 37.1 Å². The molecule has 0 heterocycles. The first kappa shape index (κ1) is 10.4. The summed E-state index contributed by atoms with van der Waals surface area (Å²) in [7, 11) is 0. The molecular weight excluding hydrogens is 216 g/mol. The lowest BCUT2D eigenvalue weighted by Gasteiger charge is -2.37. The Kier molecular flexibility index (Phi) is 2.36. The fourth-order valence-corrected chi connectivity index (χ4v) is 3.63. The maximum Gasteiger partial charge on any atom is 0.0412 e. The number of benzene rings is 1. The van der Waals surface area contributed by atoms with Crippen LogP contribution in [-0.4, -0.2) is 0 Å². The van der Waals surface area contributed by atoms with Gasteiger partial charge in [0.15, 0.2) is 0 Å². The first-order valence-electron chi connectivity index (χ1n) is 6.19. The van der Waals surface area contributed by atoms with E-state index in [1.54, 1.807) is 0 Å². The number of hydrogen-bond acceptors (Lipinski definition) is 0. The topological polar surface area (TPSA) is 0 Å². The van der Waals surface area contributed by atoms with E-state index in [4.69, 9.17) is 11.6 Å². The minimum atomic E-state index is 0.414. The van der Waals surface area contributed by atoms with Gasteiger partial charge in [0.1, 0.15) is 0 Å². The van der Waals surface area contributed by atoms with Gasteiger partial charge in [0, 0.05) is 5.02 Å². The lowest BCUT2D eigenvalue weighted by Crippen LogP contribution is -2.24. The molecule has 0 bridgehead atoms. The summed E-state index contributed by atoms with van der Waals surface area (Å²) in [4.78, 5) is 0. The Labute approximate surface area is 102 Å². The number of fused-ring (bicyclic) bond motifs is 1. The van der Waals surface area contributed by atoms with Gasteiger partial charge in [-0.05, 0) is 59.9 Å². The summed E-state index contributed by atoms with van der Waals surface area (Å²) in [5, 5.41) is 0.843. The third-order valence-corrected chi connectivity index (χ3v) is 4.71. The lowest BCUT2D eigenvalue weighted by molar-refractivity contribution is 0.371. The molecule has 0 N–H and O–H groups in total. The number of halogens is 1. The normalized spacial score (nSPS) is 22.4. The molecule has 0 unspecified atom stereocenters. The molecule has 0 radical (unpaired) electrons. The van der Waals surface area contributed by atoms with E-state index in [9.17, 15) is 0 Å². The Hall–Kier alpha value is -0.750. The van der Waals surface area contributed by atoms with Crippen molar-refractivity contribution in [3.63, 3.8) is 0 Å². The van der Waals surface area contributed by atoms with Gasteiger partial charge >= 0.3 is 0 Å². The zero-order valence-electron chi connectivity index (χ0n) is 9.56. The van der Waals surface area contributed by atoms with Crippen LogP contribution in [0.5, 0.6) is 0 Å². The van der Waals surface area contributed by atoms with Crippen LogP contribution in [0.15, 0.2) is 24.8 Å². The van der Waals surface area contributed by atoms with Crippen molar-refractivity contribution >= 4 is 17.2 Å². The quantitative estimate of drug-likeness (QED) is 0.599. The Morgan fingerprint density at radius 1 is 1.12 bits per heavy atom. The van der Waals surface area contributed by atoms with Crippen molar-refractivity contribution in [2.45, 2.75) is 38.5 Å². The predicted molar refractivity (Wildman–Crippen MR) is 69.7 cm³/mol. The van der Waals surface area contributed by atoms with Crippen LogP contribution in [0.25, 0.3) is 5.57 Å². The molecule has 3 rings (SSSR count). The summed E-state index contributed by atoms with van der Waals surface area (Å²) < 4.78 is 0. The zero-order chi connectivity index (χ0) is 11.2. The summed E-state index contributed by atoms with van der Waals surface area (Å²) in [6, 6.07) is 6.28. The fourth-order valence-electron chi connectivity index (χ4n) is 3.46. The van der Waals surface area contributed by atoms with Crippen LogP contribution >= 0.6 is 11.6 Å². The van der Waals surface area contributed by atoms with E-state index in [1.165, 1.54) is 55.2 Å². The molecular formula is C15H17Cl. The highest BCUT2D eigenvalue weighted by Gasteiger charge is 2.39. The largest absolute Gasteiger partial charge is 0.0947 e. The minimum Gasteiger partial charge on any atom is -0.0947 e. The van der Waals surface area contributed by atoms with E-state index < -0.39 is 0 Å². The second kappa shape index (κ2) is 3.63. The van der Waals surface area contributed by atoms with Crippen LogP contribution in [0.3, 0.4) is 0 Å². The highest BCUT2D eigenvalue weighted by atomic mass is 35.5. The number of allylic oxidation sites excluding steroid dienone is 1. The van der Waals surface area contributed by atoms with E-state index in [2.05, 4.69) is 18.7 Å². The SMILES string of the molecule is C=C1c2cc(Cl)ccc2CCC12CCCC2. The summed E-state index contributed by atoms with van der Waals surface area (Å²) in [6.07, 6.45) is 7.89. The zero-order valence-corrected chi connectivity index (χ0v) is 10.3. The molecule has 0 atom stereocenters. The van der Waals surface area contributed by atoms with Crippen LogP contribution < -0.4 is 0 Å². The van der Waals surface area contributed by atoms with E-state index in [0.29, 0.717) is 5.41 Å². The van der Waals surface area contributed by atoms with Crippen LogP contribution in [0.4, 0.5) is 0 Å². The van der Waals surface area contributed by atoms with E-state index in [-0.39, 0.29) is 0 Å². The molecule has 2 aliphatic rings. The van der Waals surface area contributed by atoms with Gasteiger partial charge in [-0.15, -0.1) is 0 Å². The maximum atomic E-state index is 6.10. The first-order valence-corrected chi connectivity index (χ1v) is 6.57. The van der Waals surface area contributed by atoms with Crippen LogP contribution in [-0.2, 0) is 6.42 Å². The van der Waals surface area contributed by atoms with Crippen molar-refractivity contribution in [2.75, 3.05) is 0 Å². The molecule has 1 aromatic rings. The van der Waals surface area contributed by atoms with Crippen molar-refractivity contribution < 1.29 is 0 Å². The van der Waals surface area contributed by atoms with Gasteiger partial charge in [0.2, 0.25) is 0 Å². The molecule has 1 spiro atoms. The summed E-state index contributed by atoms with van der Waals surface area (Å²) in [5.74, 6) is 0. The Morgan fingerprint density at radius 3 is 2.62 bits per heavy atom. The van der Waals surface area contributed by atoms with E-state index >= 15 is 0 Å². The average Bonchev–Trinajstić information content (AvgIpc) is 2.75. The van der Waals surface area contributed by atoms with Crippen molar-refractivity contribution in [1.82, 2.24) is 0 Å². The Bertz CT molecular complexity index is 439. The molecule has 0 amide bonds. The third-order valence-electron chi connectivity index (χ3n) is 4.47. The summed E-state index contributed by atoms with van der Waals surface area (Å²) >= 11 is 6.10. The van der Waals surface area contributed by atoms with Gasteiger partial charge in [-0.25, -0.2) is 0 Å². The molecule has 0 aliphatic heterocycles. The molecule has 16 heavy (non-hydrogen) atoms. The van der Waals surface area contributed by atoms with Crippen molar-refractivity contribution in [1.29, 1.82) is 0 Å². The van der Waals surface area contributed by atoms with Gasteiger partial charge < -0.3 is 0 Å². The van der Waals surface area contributed by atoms with Crippen LogP contribution in [0, 0.1) is 5.41 Å². The molecule has 84 valence electrons. The monoisotopic (exact) mass is 232 g/mol. The standard InChI is InChI=1S/C15H17Cl/c1-11-14-10-13(16)5-4-12(14)6-9-15(11)7-2-3-8-15/h4-5,10H,1-3,6-9H2. The van der Waals surface area contributed by atoms with Gasteiger partial charge in [-0.3, -0.25) is 0 Å². The van der Waals surface area contributed by atoms with Crippen LogP contribution in [0.2, 0.25) is 5.02 Å². The second-order valence-corrected chi connectivity index (χ2v) is 5.70. The predicted octanol–water partition coefficient (Wildman–Crippen LogP) is 4.86. The molecule has 0 saturated heterocycles. The molecule has 0 aromatic heterocycles. The molecule has 1 heteroatoms. The molecule has 1 saturated carbocycles. The molecule has 2 aliphatic carbocycles. The molecule has 0 nitrogen and oxygen atoms in total. The molecule has 1 aromatic carbocycles. The minimum absolute atomic E-state index is 0.414. The van der Waals surface area contributed by atoms with Gasteiger partial charge in [0.05, 0.1) is 0 Å². The number of hydrogen-bond donors (Lipinski definition) is 0. The van der Waals surface area contributed by atoms with Crippen LogP contribution in [0.1, 0.15) is 43.2 Å². The van der Waals surface area contributed by atoms with E-state index in [1.807, 2.05) is 6.07 Å². The third kappa shape index (κ3) is 1.43. The summed E-state index contributed by atoms with van der Waals surface area (Å²) in [5.41, 5.74) is 4.54. The van der Waals surface area contributed by atoms with Crippen molar-refractivity contribution in [3.05, 3.63) is 40.9 Å². The van der Waals surface area contributed by atoms with Crippen molar-refractivity contribution in [3.8, 4) is 0 Å². The summed E-state index contributed by atoms with van der Waals surface area (Å²) in [6.45, 7) is 4.37. The number of rotatable bonds is 0. The molecule has 1 fully saturated rings. The first-order chi connectivity index (χ1) is 7.71.